The van der Waals surface area contributed by atoms with E-state index in [1.54, 1.807) is 4.78 Å². The van der Waals surface area contributed by atoms with E-state index in [9.17, 15) is 4.57 Å². The van der Waals surface area contributed by atoms with Crippen LogP contribution in [0, 0.1) is 5.41 Å². The van der Waals surface area contributed by atoms with Gasteiger partial charge in [0.2, 0.25) is 0 Å². The molecule has 0 radical (unpaired) electrons. The van der Waals surface area contributed by atoms with Crippen LogP contribution in [-0.2, 0) is 4.57 Å². The van der Waals surface area contributed by atoms with Crippen LogP contribution in [-0.4, -0.2) is 18.8 Å². The van der Waals surface area contributed by atoms with E-state index >= 15 is 0 Å². The van der Waals surface area contributed by atoms with Gasteiger partial charge in [-0.05, 0) is 55.4 Å². The number of benzene rings is 2. The van der Waals surface area contributed by atoms with Gasteiger partial charge in [-0.3, -0.25) is 4.57 Å². The van der Waals surface area contributed by atoms with Crippen molar-refractivity contribution in [2.75, 3.05) is 23.0 Å². The zero-order valence-corrected chi connectivity index (χ0v) is 19.4. The van der Waals surface area contributed by atoms with Crippen LogP contribution in [0.1, 0.15) is 46.0 Å². The van der Waals surface area contributed by atoms with Crippen LogP contribution in [0.25, 0.3) is 0 Å². The van der Waals surface area contributed by atoms with Gasteiger partial charge in [-0.15, -0.1) is 0 Å². The van der Waals surface area contributed by atoms with Gasteiger partial charge >= 0.3 is 7.44 Å². The van der Waals surface area contributed by atoms with Crippen LogP contribution in [0.3, 0.4) is 0 Å². The number of piperidine rings is 1. The van der Waals surface area contributed by atoms with E-state index in [1.807, 2.05) is 60.7 Å². The summed E-state index contributed by atoms with van der Waals surface area (Å²) in [7, 11) is -3.20. The van der Waals surface area contributed by atoms with Gasteiger partial charge in [0.1, 0.15) is 11.0 Å². The van der Waals surface area contributed by atoms with Crippen molar-refractivity contribution in [2.45, 2.75) is 46.0 Å². The largest absolute Gasteiger partial charge is 0.317 e. The number of fused-ring (bicyclic) bond motifs is 1. The van der Waals surface area contributed by atoms with Crippen LogP contribution in [0.4, 0.5) is 11.4 Å². The minimum atomic E-state index is -3.20. The van der Waals surface area contributed by atoms with E-state index in [1.165, 1.54) is 29.9 Å². The van der Waals surface area contributed by atoms with Gasteiger partial charge in [-0.1, -0.05) is 50.2 Å². The van der Waals surface area contributed by atoms with Crippen molar-refractivity contribution in [3.05, 3.63) is 71.7 Å². The summed E-state index contributed by atoms with van der Waals surface area (Å²) in [5, 5.41) is 9.46. The molecule has 0 saturated carbocycles. The number of allylic oxidation sites excluding steroid dienone is 2. The molecule has 1 fully saturated rings. The highest BCUT2D eigenvalue weighted by Crippen LogP contribution is 2.65. The second kappa shape index (κ2) is 7.96. The Morgan fingerprint density at radius 3 is 2.26 bits per heavy atom. The molecule has 0 spiro atoms. The number of nitrogens with one attached hydrogen (secondary N) is 2. The predicted octanol–water partition coefficient (Wildman–Crippen LogP) is 5.27. The molecule has 0 unspecified atom stereocenters. The molecule has 5 nitrogen and oxygen atoms in total. The predicted molar refractivity (Wildman–Crippen MR) is 129 cm³/mol. The van der Waals surface area contributed by atoms with Crippen LogP contribution < -0.4 is 14.8 Å². The molecular formula is C25H32N4OP+. The van der Waals surface area contributed by atoms with Crippen LogP contribution >= 0.6 is 7.44 Å². The average Bonchev–Trinajstić information content (AvgIpc) is 3.06. The number of hydrogen-bond acceptors (Lipinski definition) is 2. The molecule has 6 heteroatoms. The SMILES string of the molecule is CC1(C)CC2=NN(c3ccccc3)[P@@](=O)(Nc3ccccc3)C2=C([NH+]2CCCCC2)C1. The van der Waals surface area contributed by atoms with Crippen molar-refractivity contribution in [1.29, 1.82) is 0 Å². The molecule has 31 heavy (non-hydrogen) atoms. The fourth-order valence-electron chi connectivity index (χ4n) is 5.19. The summed E-state index contributed by atoms with van der Waals surface area (Å²) in [4.78, 5) is 1.51. The van der Waals surface area contributed by atoms with Crippen molar-refractivity contribution < 1.29 is 9.46 Å². The molecule has 1 saturated heterocycles. The van der Waals surface area contributed by atoms with E-state index in [4.69, 9.17) is 5.10 Å². The summed E-state index contributed by atoms with van der Waals surface area (Å²) in [6.07, 6.45) is 5.59. The number of hydrazone groups is 1. The standard InChI is InChI=1S/C25H31N4OP/c1-25(2)18-22-24(23(19-25)28-16-10-5-11-17-28)31(30,27-20-12-6-3-7-13-20)29(26-22)21-14-8-4-9-15-21/h3-4,6-9,12-15H,5,10-11,16-19H2,1-2H3,(H,27,30)/p+1/t31-/m0/s1. The minimum absolute atomic E-state index is 0.117. The van der Waals surface area contributed by atoms with Gasteiger partial charge in [0.05, 0.1) is 24.5 Å². The monoisotopic (exact) mass is 435 g/mol. The lowest BCUT2D eigenvalue weighted by atomic mass is 9.78. The van der Waals surface area contributed by atoms with E-state index < -0.39 is 7.44 Å². The quantitative estimate of drug-likeness (QED) is 0.644. The number of anilines is 2. The number of hydrogen-bond donors (Lipinski definition) is 2. The second-order valence-electron chi connectivity index (χ2n) is 9.73. The first-order valence-electron chi connectivity index (χ1n) is 11.4. The third-order valence-corrected chi connectivity index (χ3v) is 9.12. The van der Waals surface area contributed by atoms with Crippen molar-refractivity contribution in [3.63, 3.8) is 0 Å². The van der Waals surface area contributed by atoms with Crippen LogP contribution in [0.5, 0.6) is 0 Å². The van der Waals surface area contributed by atoms with E-state index in [0.29, 0.717) is 0 Å². The number of likely N-dealkylation sites (tertiary alicyclic amines) is 1. The molecule has 2 N–H and O–H groups in total. The Bertz CT molecular complexity index is 1060. The zero-order chi connectivity index (χ0) is 21.5. The van der Waals surface area contributed by atoms with E-state index in [0.717, 1.165) is 48.3 Å². The van der Waals surface area contributed by atoms with Crippen molar-refractivity contribution in [1.82, 2.24) is 0 Å². The van der Waals surface area contributed by atoms with E-state index in [-0.39, 0.29) is 5.41 Å². The van der Waals surface area contributed by atoms with Gasteiger partial charge in [0.15, 0.2) is 0 Å². The molecule has 2 heterocycles. The topological polar surface area (TPSA) is 49.1 Å². The van der Waals surface area contributed by atoms with Gasteiger partial charge < -0.3 is 9.99 Å². The maximum atomic E-state index is 15.0. The number of para-hydroxylation sites is 2. The fraction of sp³-hybridized carbons (Fsp3) is 0.400. The molecule has 0 bridgehead atoms. The van der Waals surface area contributed by atoms with Crippen molar-refractivity contribution in [2.24, 2.45) is 10.5 Å². The summed E-state index contributed by atoms with van der Waals surface area (Å²) in [6.45, 7) is 6.88. The van der Waals surface area contributed by atoms with Gasteiger partial charge in [0, 0.05) is 12.1 Å². The first-order valence-corrected chi connectivity index (χ1v) is 13.1. The molecule has 0 amide bonds. The lowest BCUT2D eigenvalue weighted by molar-refractivity contribution is -0.868. The van der Waals surface area contributed by atoms with Crippen LogP contribution in [0.2, 0.25) is 0 Å². The zero-order valence-electron chi connectivity index (χ0n) is 18.5. The number of nitrogens with zero attached hydrogens (tertiary/aromatic N) is 2. The van der Waals surface area contributed by atoms with Crippen molar-refractivity contribution in [3.8, 4) is 0 Å². The Morgan fingerprint density at radius 2 is 1.58 bits per heavy atom. The summed E-state index contributed by atoms with van der Waals surface area (Å²) in [5.74, 6) is 0. The second-order valence-corrected chi connectivity index (χ2v) is 11.9. The van der Waals surface area contributed by atoms with Crippen molar-refractivity contribution >= 4 is 24.5 Å². The molecule has 2 aromatic carbocycles. The Balaban J connectivity index is 1.68. The first-order chi connectivity index (χ1) is 15.0. The van der Waals surface area contributed by atoms with E-state index in [2.05, 4.69) is 18.9 Å². The maximum Gasteiger partial charge on any atom is 0.317 e. The third-order valence-electron chi connectivity index (χ3n) is 6.57. The van der Waals surface area contributed by atoms with Gasteiger partial charge in [-0.25, -0.2) is 0 Å². The lowest BCUT2D eigenvalue weighted by Crippen LogP contribution is -3.11. The number of quaternary nitrogens is 1. The molecule has 2 aliphatic heterocycles. The molecule has 1 aliphatic carbocycles. The summed E-state index contributed by atoms with van der Waals surface area (Å²) in [6, 6.07) is 19.9. The summed E-state index contributed by atoms with van der Waals surface area (Å²) >= 11 is 0. The molecular weight excluding hydrogens is 403 g/mol. The molecule has 162 valence electrons. The minimum Gasteiger partial charge on any atom is -0.315 e. The Labute approximate surface area is 185 Å². The Morgan fingerprint density at radius 1 is 0.935 bits per heavy atom. The third kappa shape index (κ3) is 3.86. The average molecular weight is 436 g/mol. The molecule has 5 rings (SSSR count). The first kappa shape index (κ1) is 20.5. The molecule has 2 aromatic rings. The molecule has 0 aromatic heterocycles. The Hall–Kier alpha value is -2.36. The summed E-state index contributed by atoms with van der Waals surface area (Å²) in [5.41, 5.74) is 4.18. The highest BCUT2D eigenvalue weighted by molar-refractivity contribution is 7.73. The smallest absolute Gasteiger partial charge is 0.315 e. The normalized spacial score (nSPS) is 25.9. The molecule has 1 atom stereocenters. The highest BCUT2D eigenvalue weighted by atomic mass is 31.2. The highest BCUT2D eigenvalue weighted by Gasteiger charge is 2.52. The summed E-state index contributed by atoms with van der Waals surface area (Å²) < 4.78 is 16.8. The van der Waals surface area contributed by atoms with Gasteiger partial charge in [0.25, 0.3) is 0 Å². The maximum absolute atomic E-state index is 15.0. The number of rotatable bonds is 4. The fourth-order valence-corrected chi connectivity index (χ4v) is 7.86. The lowest BCUT2D eigenvalue weighted by Gasteiger charge is -2.37. The Kier molecular flexibility index (Phi) is 5.27. The van der Waals surface area contributed by atoms with Gasteiger partial charge in [-0.2, -0.15) is 9.88 Å². The molecule has 3 aliphatic rings. The van der Waals surface area contributed by atoms with Crippen LogP contribution in [0.15, 0.2) is 76.8 Å².